The molecular formula is C18H17ClF2N2O4. The van der Waals surface area contributed by atoms with Gasteiger partial charge in [-0.1, -0.05) is 23.7 Å². The Morgan fingerprint density at radius 1 is 1.15 bits per heavy atom. The molecular weight excluding hydrogens is 382 g/mol. The van der Waals surface area contributed by atoms with Gasteiger partial charge in [-0.15, -0.1) is 0 Å². The van der Waals surface area contributed by atoms with Gasteiger partial charge in [0, 0.05) is 11.6 Å². The lowest BCUT2D eigenvalue weighted by Gasteiger charge is -2.10. The number of hydrogen-bond donors (Lipinski definition) is 2. The first kappa shape index (κ1) is 20.4. The van der Waals surface area contributed by atoms with Crippen LogP contribution in [0.1, 0.15) is 15.9 Å². The second kappa shape index (κ2) is 9.72. The molecule has 0 aliphatic carbocycles. The second-order valence-electron chi connectivity index (χ2n) is 5.42. The van der Waals surface area contributed by atoms with Crippen molar-refractivity contribution in [3.8, 4) is 11.5 Å². The molecule has 2 aromatic carbocycles. The lowest BCUT2D eigenvalue weighted by atomic mass is 10.1. The fraction of sp³-hybridized carbons (Fsp3) is 0.222. The number of primary amides is 1. The number of ether oxygens (including phenoxy) is 2. The number of rotatable bonds is 9. The Morgan fingerprint density at radius 3 is 2.48 bits per heavy atom. The van der Waals surface area contributed by atoms with Gasteiger partial charge in [0.15, 0.2) is 6.61 Å². The third-order valence-corrected chi connectivity index (χ3v) is 3.69. The molecule has 0 heterocycles. The summed E-state index contributed by atoms with van der Waals surface area (Å²) in [6.07, 6.45) is 0.494. The van der Waals surface area contributed by atoms with Crippen LogP contribution in [0.2, 0.25) is 5.02 Å². The molecule has 0 atom stereocenters. The molecule has 144 valence electrons. The molecule has 0 fully saturated rings. The average Bonchev–Trinajstić information content (AvgIpc) is 2.61. The van der Waals surface area contributed by atoms with Gasteiger partial charge in [-0.3, -0.25) is 9.59 Å². The maximum absolute atomic E-state index is 12.1. The van der Waals surface area contributed by atoms with Gasteiger partial charge in [0.2, 0.25) is 0 Å². The predicted molar refractivity (Wildman–Crippen MR) is 95.3 cm³/mol. The van der Waals surface area contributed by atoms with Crippen molar-refractivity contribution < 1.29 is 27.8 Å². The van der Waals surface area contributed by atoms with E-state index in [2.05, 4.69) is 10.1 Å². The van der Waals surface area contributed by atoms with Gasteiger partial charge in [0.05, 0.1) is 5.56 Å². The largest absolute Gasteiger partial charge is 0.483 e. The summed E-state index contributed by atoms with van der Waals surface area (Å²) >= 11 is 5.80. The Hall–Kier alpha value is -2.87. The summed E-state index contributed by atoms with van der Waals surface area (Å²) in [6, 6.07) is 10.5. The summed E-state index contributed by atoms with van der Waals surface area (Å²) in [7, 11) is 0. The summed E-state index contributed by atoms with van der Waals surface area (Å²) in [5.74, 6) is -0.874. The minimum Gasteiger partial charge on any atom is -0.483 e. The summed E-state index contributed by atoms with van der Waals surface area (Å²) in [5, 5.41) is 2.98. The number of nitrogens with one attached hydrogen (secondary N) is 1. The van der Waals surface area contributed by atoms with E-state index >= 15 is 0 Å². The van der Waals surface area contributed by atoms with Crippen LogP contribution in [0.25, 0.3) is 0 Å². The zero-order valence-corrected chi connectivity index (χ0v) is 14.8. The van der Waals surface area contributed by atoms with Crippen molar-refractivity contribution in [3.05, 3.63) is 58.6 Å². The van der Waals surface area contributed by atoms with Gasteiger partial charge in [-0.05, 0) is 42.3 Å². The van der Waals surface area contributed by atoms with Gasteiger partial charge < -0.3 is 20.5 Å². The predicted octanol–water partition coefficient (Wildman–Crippen LogP) is 2.78. The van der Waals surface area contributed by atoms with Crippen LogP contribution < -0.4 is 20.5 Å². The maximum atomic E-state index is 12.1. The fourth-order valence-corrected chi connectivity index (χ4v) is 2.37. The van der Waals surface area contributed by atoms with Crippen molar-refractivity contribution in [3.63, 3.8) is 0 Å². The highest BCUT2D eigenvalue weighted by Crippen LogP contribution is 2.22. The molecule has 0 saturated carbocycles. The second-order valence-corrected chi connectivity index (χ2v) is 5.85. The smallest absolute Gasteiger partial charge is 0.387 e. The Morgan fingerprint density at radius 2 is 1.85 bits per heavy atom. The molecule has 27 heavy (non-hydrogen) atoms. The Kier molecular flexibility index (Phi) is 7.36. The first-order chi connectivity index (χ1) is 12.8. The van der Waals surface area contributed by atoms with Gasteiger partial charge >= 0.3 is 6.61 Å². The molecule has 0 unspecified atom stereocenters. The number of hydrogen-bond acceptors (Lipinski definition) is 4. The van der Waals surface area contributed by atoms with Crippen LogP contribution in [0.15, 0.2) is 42.5 Å². The van der Waals surface area contributed by atoms with Crippen molar-refractivity contribution in [1.82, 2.24) is 5.32 Å². The van der Waals surface area contributed by atoms with E-state index in [1.54, 1.807) is 12.1 Å². The van der Waals surface area contributed by atoms with E-state index < -0.39 is 18.4 Å². The molecule has 0 radical (unpaired) electrons. The van der Waals surface area contributed by atoms with E-state index in [1.165, 1.54) is 30.3 Å². The first-order valence-electron chi connectivity index (χ1n) is 7.88. The normalized spacial score (nSPS) is 10.5. The maximum Gasteiger partial charge on any atom is 0.387 e. The molecule has 0 aliphatic rings. The molecule has 0 aromatic heterocycles. The van der Waals surface area contributed by atoms with Crippen molar-refractivity contribution in [2.45, 2.75) is 13.0 Å². The van der Waals surface area contributed by atoms with E-state index in [0.29, 0.717) is 18.0 Å². The molecule has 9 heteroatoms. The quantitative estimate of drug-likeness (QED) is 0.679. The van der Waals surface area contributed by atoms with E-state index in [-0.39, 0.29) is 23.7 Å². The van der Waals surface area contributed by atoms with Gasteiger partial charge in [-0.25, -0.2) is 0 Å². The van der Waals surface area contributed by atoms with Crippen molar-refractivity contribution in [2.24, 2.45) is 5.73 Å². The van der Waals surface area contributed by atoms with Crippen LogP contribution in [0.4, 0.5) is 8.78 Å². The van der Waals surface area contributed by atoms with Crippen molar-refractivity contribution in [1.29, 1.82) is 0 Å². The molecule has 0 bridgehead atoms. The van der Waals surface area contributed by atoms with E-state index in [9.17, 15) is 18.4 Å². The third kappa shape index (κ3) is 6.74. The number of amides is 2. The lowest BCUT2D eigenvalue weighted by molar-refractivity contribution is -0.123. The molecule has 0 aliphatic heterocycles. The number of halogens is 3. The molecule has 2 rings (SSSR count). The Bertz CT molecular complexity index is 800. The highest BCUT2D eigenvalue weighted by Gasteiger charge is 2.12. The highest BCUT2D eigenvalue weighted by molar-refractivity contribution is 6.31. The zero-order valence-electron chi connectivity index (χ0n) is 14.1. The fourth-order valence-electron chi connectivity index (χ4n) is 2.20. The van der Waals surface area contributed by atoms with Crippen LogP contribution in [0.5, 0.6) is 11.5 Å². The summed E-state index contributed by atoms with van der Waals surface area (Å²) in [4.78, 5) is 23.2. The number of benzene rings is 2. The SMILES string of the molecule is NC(=O)c1cc(Cl)ccc1OCC(=O)NCCc1ccc(OC(F)F)cc1. The lowest BCUT2D eigenvalue weighted by Crippen LogP contribution is -2.31. The Labute approximate surface area is 159 Å². The van der Waals surface area contributed by atoms with Gasteiger partial charge in [0.1, 0.15) is 11.5 Å². The molecule has 3 N–H and O–H groups in total. The van der Waals surface area contributed by atoms with Crippen molar-refractivity contribution >= 4 is 23.4 Å². The zero-order chi connectivity index (χ0) is 19.8. The topological polar surface area (TPSA) is 90.7 Å². The number of nitrogens with two attached hydrogens (primary N) is 1. The molecule has 0 saturated heterocycles. The minimum absolute atomic E-state index is 0.0689. The van der Waals surface area contributed by atoms with Gasteiger partial charge in [-0.2, -0.15) is 8.78 Å². The first-order valence-corrected chi connectivity index (χ1v) is 8.25. The molecule has 6 nitrogen and oxygen atoms in total. The van der Waals surface area contributed by atoms with E-state index in [1.807, 2.05) is 0 Å². The third-order valence-electron chi connectivity index (χ3n) is 3.45. The van der Waals surface area contributed by atoms with Crippen molar-refractivity contribution in [2.75, 3.05) is 13.2 Å². The summed E-state index contributed by atoms with van der Waals surface area (Å²) in [6.45, 7) is -2.85. The summed E-state index contributed by atoms with van der Waals surface area (Å²) < 4.78 is 33.7. The standard InChI is InChI=1S/C18H17ClF2N2O4/c19-12-3-6-15(14(9-12)17(22)25)26-10-16(24)23-8-7-11-1-4-13(5-2-11)27-18(20)21/h1-6,9,18H,7-8,10H2,(H2,22,25)(H,23,24). The van der Waals surface area contributed by atoms with Crippen LogP contribution in [-0.4, -0.2) is 31.6 Å². The van der Waals surface area contributed by atoms with Crippen LogP contribution in [-0.2, 0) is 11.2 Å². The van der Waals surface area contributed by atoms with Gasteiger partial charge in [0.25, 0.3) is 11.8 Å². The number of carbonyl (C=O) groups excluding carboxylic acids is 2. The van der Waals surface area contributed by atoms with Crippen LogP contribution in [0.3, 0.4) is 0 Å². The number of alkyl halides is 2. The molecule has 2 amide bonds. The van der Waals surface area contributed by atoms with Crippen LogP contribution >= 0.6 is 11.6 Å². The summed E-state index contributed by atoms with van der Waals surface area (Å²) in [5.41, 5.74) is 6.17. The highest BCUT2D eigenvalue weighted by atomic mass is 35.5. The van der Waals surface area contributed by atoms with E-state index in [4.69, 9.17) is 22.1 Å². The molecule has 2 aromatic rings. The monoisotopic (exact) mass is 398 g/mol. The average molecular weight is 399 g/mol. The minimum atomic E-state index is -2.87. The van der Waals surface area contributed by atoms with E-state index in [0.717, 1.165) is 5.56 Å². The molecule has 0 spiro atoms. The Balaban J connectivity index is 1.78. The van der Waals surface area contributed by atoms with Crippen LogP contribution in [0, 0.1) is 0 Å². The number of carbonyl (C=O) groups is 2.